The van der Waals surface area contributed by atoms with E-state index in [1.54, 1.807) is 74.0 Å². The second-order valence-electron chi connectivity index (χ2n) is 6.16. The SMILES string of the molecule is COc1cccc(NC(=O)COc2ccc(C(=O)OCc3ccc(Cl)nc3)cc2)c1. The van der Waals surface area contributed by atoms with E-state index in [0.717, 1.165) is 5.56 Å². The van der Waals surface area contributed by atoms with E-state index in [9.17, 15) is 9.59 Å². The van der Waals surface area contributed by atoms with E-state index in [1.807, 2.05) is 0 Å². The zero-order chi connectivity index (χ0) is 21.3. The van der Waals surface area contributed by atoms with Crippen molar-refractivity contribution >= 4 is 29.2 Å². The molecule has 0 spiro atoms. The number of carbonyl (C=O) groups is 2. The summed E-state index contributed by atoms with van der Waals surface area (Å²) in [6.07, 6.45) is 1.54. The molecule has 1 amide bonds. The Labute approximate surface area is 178 Å². The van der Waals surface area contributed by atoms with E-state index in [4.69, 9.17) is 25.8 Å². The van der Waals surface area contributed by atoms with Gasteiger partial charge in [0.2, 0.25) is 0 Å². The lowest BCUT2D eigenvalue weighted by atomic mass is 10.2. The highest BCUT2D eigenvalue weighted by molar-refractivity contribution is 6.29. The number of ether oxygens (including phenoxy) is 3. The van der Waals surface area contributed by atoms with Crippen LogP contribution in [-0.4, -0.2) is 30.6 Å². The second-order valence-corrected chi connectivity index (χ2v) is 6.55. The van der Waals surface area contributed by atoms with Gasteiger partial charge in [0.05, 0.1) is 12.7 Å². The van der Waals surface area contributed by atoms with E-state index in [2.05, 4.69) is 10.3 Å². The summed E-state index contributed by atoms with van der Waals surface area (Å²) < 4.78 is 15.8. The number of aromatic nitrogens is 1. The van der Waals surface area contributed by atoms with E-state index in [-0.39, 0.29) is 19.1 Å². The third-order valence-corrected chi connectivity index (χ3v) is 4.20. The highest BCUT2D eigenvalue weighted by Gasteiger charge is 2.09. The molecule has 0 unspecified atom stereocenters. The minimum Gasteiger partial charge on any atom is -0.497 e. The van der Waals surface area contributed by atoms with E-state index >= 15 is 0 Å². The lowest BCUT2D eigenvalue weighted by Crippen LogP contribution is -2.20. The first kappa shape index (κ1) is 21.1. The molecule has 3 aromatic rings. The van der Waals surface area contributed by atoms with Crippen LogP contribution in [0.2, 0.25) is 5.15 Å². The van der Waals surface area contributed by atoms with Gasteiger partial charge in [0, 0.05) is 23.5 Å². The van der Waals surface area contributed by atoms with Crippen LogP contribution in [0.25, 0.3) is 0 Å². The highest BCUT2D eigenvalue weighted by Crippen LogP contribution is 2.17. The summed E-state index contributed by atoms with van der Waals surface area (Å²) in [5, 5.41) is 3.09. The second kappa shape index (κ2) is 10.3. The van der Waals surface area contributed by atoms with Crippen molar-refractivity contribution in [3.8, 4) is 11.5 Å². The van der Waals surface area contributed by atoms with Crippen LogP contribution in [-0.2, 0) is 16.1 Å². The molecule has 7 nitrogen and oxygen atoms in total. The summed E-state index contributed by atoms with van der Waals surface area (Å²) in [6, 6.07) is 16.7. The van der Waals surface area contributed by atoms with Gasteiger partial charge in [0.15, 0.2) is 6.61 Å². The van der Waals surface area contributed by atoms with Crippen LogP contribution in [0.3, 0.4) is 0 Å². The quantitative estimate of drug-likeness (QED) is 0.430. The van der Waals surface area contributed by atoms with Gasteiger partial charge in [-0.3, -0.25) is 4.79 Å². The minimum atomic E-state index is -0.479. The van der Waals surface area contributed by atoms with Gasteiger partial charge < -0.3 is 19.5 Å². The van der Waals surface area contributed by atoms with Gasteiger partial charge in [0.1, 0.15) is 23.3 Å². The molecule has 0 saturated carbocycles. The Morgan fingerprint density at radius 2 is 1.83 bits per heavy atom. The van der Waals surface area contributed by atoms with Crippen LogP contribution in [0.4, 0.5) is 5.69 Å². The lowest BCUT2D eigenvalue weighted by Gasteiger charge is -2.09. The van der Waals surface area contributed by atoms with Crippen LogP contribution in [0.5, 0.6) is 11.5 Å². The van der Waals surface area contributed by atoms with Gasteiger partial charge in [-0.15, -0.1) is 0 Å². The van der Waals surface area contributed by atoms with Crippen molar-refractivity contribution < 1.29 is 23.8 Å². The van der Waals surface area contributed by atoms with Gasteiger partial charge in [-0.05, 0) is 42.5 Å². The van der Waals surface area contributed by atoms with Crippen LogP contribution in [0.15, 0.2) is 66.9 Å². The first-order valence-electron chi connectivity index (χ1n) is 8.98. The van der Waals surface area contributed by atoms with Gasteiger partial charge in [-0.25, -0.2) is 9.78 Å². The number of methoxy groups -OCH3 is 1. The molecule has 0 saturated heterocycles. The largest absolute Gasteiger partial charge is 0.497 e. The van der Waals surface area contributed by atoms with Crippen LogP contribution >= 0.6 is 11.6 Å². The molecule has 1 aromatic heterocycles. The van der Waals surface area contributed by atoms with Crippen LogP contribution < -0.4 is 14.8 Å². The van der Waals surface area contributed by atoms with E-state index in [0.29, 0.717) is 27.9 Å². The summed E-state index contributed by atoms with van der Waals surface area (Å²) >= 11 is 5.72. The highest BCUT2D eigenvalue weighted by atomic mass is 35.5. The first-order chi connectivity index (χ1) is 14.5. The number of hydrogen-bond acceptors (Lipinski definition) is 6. The average Bonchev–Trinajstić information content (AvgIpc) is 2.77. The molecule has 8 heteroatoms. The van der Waals surface area contributed by atoms with Crippen LogP contribution in [0.1, 0.15) is 15.9 Å². The number of rotatable bonds is 8. The maximum absolute atomic E-state index is 12.1. The monoisotopic (exact) mass is 426 g/mol. The number of nitrogens with zero attached hydrogens (tertiary/aromatic N) is 1. The van der Waals surface area contributed by atoms with E-state index < -0.39 is 5.97 Å². The molecule has 0 aliphatic heterocycles. The molecule has 1 N–H and O–H groups in total. The fourth-order valence-corrected chi connectivity index (χ4v) is 2.57. The van der Waals surface area contributed by atoms with Crippen molar-refractivity contribution in [2.75, 3.05) is 19.0 Å². The predicted octanol–water partition coefficient (Wildman–Crippen LogP) is 4.12. The van der Waals surface area contributed by atoms with Crippen molar-refractivity contribution in [2.24, 2.45) is 0 Å². The number of benzene rings is 2. The number of carbonyl (C=O) groups excluding carboxylic acids is 2. The molecule has 0 fully saturated rings. The number of amides is 1. The summed E-state index contributed by atoms with van der Waals surface area (Å²) in [4.78, 5) is 28.1. The molecule has 3 rings (SSSR count). The number of esters is 1. The molecule has 2 aromatic carbocycles. The molecule has 1 heterocycles. The third-order valence-electron chi connectivity index (χ3n) is 3.97. The predicted molar refractivity (Wildman–Crippen MR) is 112 cm³/mol. The smallest absolute Gasteiger partial charge is 0.338 e. The average molecular weight is 427 g/mol. The minimum absolute atomic E-state index is 0.0890. The van der Waals surface area contributed by atoms with Crippen LogP contribution in [0, 0.1) is 0 Å². The Morgan fingerprint density at radius 1 is 1.03 bits per heavy atom. The maximum atomic E-state index is 12.1. The molecule has 30 heavy (non-hydrogen) atoms. The molecular formula is C22H19ClN2O5. The molecule has 0 aliphatic rings. The summed E-state index contributed by atoms with van der Waals surface area (Å²) in [5.41, 5.74) is 1.71. The number of nitrogens with one attached hydrogen (secondary N) is 1. The van der Waals surface area contributed by atoms with Gasteiger partial charge in [-0.1, -0.05) is 23.7 Å². The number of hydrogen-bond donors (Lipinski definition) is 1. The maximum Gasteiger partial charge on any atom is 0.338 e. The Balaban J connectivity index is 1.47. The summed E-state index contributed by atoms with van der Waals surface area (Å²) in [6.45, 7) is -0.0870. The molecular weight excluding hydrogens is 408 g/mol. The molecule has 0 atom stereocenters. The summed E-state index contributed by atoms with van der Waals surface area (Å²) in [7, 11) is 1.55. The van der Waals surface area contributed by atoms with Crippen molar-refractivity contribution in [3.05, 3.63) is 83.1 Å². The standard InChI is InChI=1S/C22H19ClN2O5/c1-28-19-4-2-3-17(11-19)25-21(26)14-29-18-8-6-16(7-9-18)22(27)30-13-15-5-10-20(23)24-12-15/h2-12H,13-14H2,1H3,(H,25,26). The van der Waals surface area contributed by atoms with Crippen molar-refractivity contribution in [2.45, 2.75) is 6.61 Å². The van der Waals surface area contributed by atoms with Gasteiger partial charge >= 0.3 is 5.97 Å². The molecule has 154 valence electrons. The number of halogens is 1. The number of anilines is 1. The third kappa shape index (κ3) is 6.22. The fraction of sp³-hybridized carbons (Fsp3) is 0.136. The Bertz CT molecular complexity index is 1010. The fourth-order valence-electron chi connectivity index (χ4n) is 2.46. The van der Waals surface area contributed by atoms with Crippen molar-refractivity contribution in [3.63, 3.8) is 0 Å². The topological polar surface area (TPSA) is 86.8 Å². The first-order valence-corrected chi connectivity index (χ1v) is 9.35. The zero-order valence-electron chi connectivity index (χ0n) is 16.1. The Morgan fingerprint density at radius 3 is 2.53 bits per heavy atom. The zero-order valence-corrected chi connectivity index (χ0v) is 16.9. The Hall–Kier alpha value is -3.58. The molecule has 0 radical (unpaired) electrons. The van der Waals surface area contributed by atoms with Gasteiger partial charge in [-0.2, -0.15) is 0 Å². The van der Waals surface area contributed by atoms with E-state index in [1.165, 1.54) is 0 Å². The number of pyridine rings is 1. The van der Waals surface area contributed by atoms with Gasteiger partial charge in [0.25, 0.3) is 5.91 Å². The molecule has 0 bridgehead atoms. The van der Waals surface area contributed by atoms with Crippen molar-refractivity contribution in [1.29, 1.82) is 0 Å². The lowest BCUT2D eigenvalue weighted by molar-refractivity contribution is -0.118. The summed E-state index contributed by atoms with van der Waals surface area (Å²) in [5.74, 6) is 0.299. The normalized spacial score (nSPS) is 10.2. The molecule has 0 aliphatic carbocycles. The Kier molecular flexibility index (Phi) is 7.24. The van der Waals surface area contributed by atoms with Crippen molar-refractivity contribution in [1.82, 2.24) is 4.98 Å².